The molecule has 0 amide bonds. The second-order valence-corrected chi connectivity index (χ2v) is 19.0. The first-order chi connectivity index (χ1) is 26.6. The average Bonchev–Trinajstić information content (AvgIpc) is 3.45. The number of aryl methyl sites for hydroxylation is 3. The van der Waals surface area contributed by atoms with E-state index in [-0.39, 0.29) is 29.5 Å². The number of halogens is 3. The summed E-state index contributed by atoms with van der Waals surface area (Å²) in [6.45, 7) is 17.1. The maximum absolute atomic E-state index is 14.5. The van der Waals surface area contributed by atoms with E-state index in [1.807, 2.05) is 13.0 Å². The molecule has 57 heavy (non-hydrogen) atoms. The summed E-state index contributed by atoms with van der Waals surface area (Å²) in [5.74, 6) is -2.23. The highest BCUT2D eigenvalue weighted by molar-refractivity contribution is 7.89. The number of hydrogen-bond donors (Lipinski definition) is 0. The number of hydrogen-bond acceptors (Lipinski definition) is 11. The Morgan fingerprint density at radius 3 is 2.33 bits per heavy atom. The average molecular weight is 814 g/mol. The maximum Gasteiger partial charge on any atom is 0.452 e. The molecule has 3 aliphatic rings. The fourth-order valence-electron chi connectivity index (χ4n) is 7.68. The highest BCUT2D eigenvalue weighted by Crippen LogP contribution is 2.48. The number of esters is 1. The van der Waals surface area contributed by atoms with Crippen LogP contribution in [0.4, 0.5) is 13.2 Å². The Labute approximate surface area is 331 Å². The molecule has 13 nitrogen and oxygen atoms in total. The summed E-state index contributed by atoms with van der Waals surface area (Å²) >= 11 is 0. The number of likely N-dealkylation sites (tertiary alicyclic amines) is 1. The second kappa shape index (κ2) is 14.5. The Balaban J connectivity index is 1.26. The quantitative estimate of drug-likeness (QED) is 0.161. The largest absolute Gasteiger partial charge is 0.476 e. The Kier molecular flexibility index (Phi) is 10.4. The molecule has 308 valence electrons. The van der Waals surface area contributed by atoms with Crippen molar-refractivity contribution in [2.75, 3.05) is 32.8 Å². The molecule has 4 aromatic heterocycles. The summed E-state index contributed by atoms with van der Waals surface area (Å²) in [5, 5.41) is 7.30. The molecule has 1 saturated heterocycles. The third kappa shape index (κ3) is 8.06. The first-order valence-electron chi connectivity index (χ1n) is 19.3. The molecule has 2 fully saturated rings. The molecule has 0 N–H and O–H groups in total. The summed E-state index contributed by atoms with van der Waals surface area (Å²) < 4.78 is 91.1. The van der Waals surface area contributed by atoms with Gasteiger partial charge in [-0.25, -0.2) is 8.42 Å². The van der Waals surface area contributed by atoms with Gasteiger partial charge in [0.1, 0.15) is 22.7 Å². The van der Waals surface area contributed by atoms with E-state index in [1.54, 1.807) is 60.6 Å². The van der Waals surface area contributed by atoms with Gasteiger partial charge in [0.25, 0.3) is 0 Å². The number of rotatable bonds is 10. The number of carbonyl (C=O) groups is 1. The van der Waals surface area contributed by atoms with Gasteiger partial charge in [-0.05, 0) is 129 Å². The van der Waals surface area contributed by atoms with Crippen molar-refractivity contribution in [2.24, 2.45) is 5.41 Å². The van der Waals surface area contributed by atoms with Gasteiger partial charge in [-0.15, -0.1) is 10.2 Å². The zero-order valence-corrected chi connectivity index (χ0v) is 34.5. The highest BCUT2D eigenvalue weighted by Gasteiger charge is 2.53. The Hall–Kier alpha value is -4.35. The fraction of sp³-hybridized carbons (Fsp3) is 0.575. The summed E-state index contributed by atoms with van der Waals surface area (Å²) in [4.78, 5) is 25.9. The SMILES string of the molecule is Cc1ccc(C(c2ccn3c(C(F)(F)F)nnc3c2C)C(C)(C)C(=O)OC(C)(C)C)nc1CN1CC2(CC2)Oc2nc(OCCN3CCCC3)c(C)cc2S1(=O)=O. The van der Waals surface area contributed by atoms with Crippen LogP contribution in [0.2, 0.25) is 0 Å². The molecule has 0 aromatic carbocycles. The third-order valence-corrected chi connectivity index (χ3v) is 12.9. The lowest BCUT2D eigenvalue weighted by atomic mass is 9.71. The van der Waals surface area contributed by atoms with Gasteiger partial charge in [0.15, 0.2) is 5.65 Å². The van der Waals surface area contributed by atoms with Gasteiger partial charge in [0.05, 0.1) is 24.2 Å². The number of pyridine rings is 3. The lowest BCUT2D eigenvalue weighted by Gasteiger charge is -2.36. The van der Waals surface area contributed by atoms with Crippen molar-refractivity contribution in [3.8, 4) is 11.8 Å². The van der Waals surface area contributed by atoms with Crippen molar-refractivity contribution in [1.29, 1.82) is 0 Å². The molecule has 1 spiro atoms. The smallest absolute Gasteiger partial charge is 0.452 e. The summed E-state index contributed by atoms with van der Waals surface area (Å²) in [5.41, 5.74) is 0.0137. The number of alkyl halides is 3. The predicted molar refractivity (Wildman–Crippen MR) is 204 cm³/mol. The molecule has 17 heteroatoms. The number of ether oxygens (including phenoxy) is 3. The zero-order valence-electron chi connectivity index (χ0n) is 33.7. The van der Waals surface area contributed by atoms with Gasteiger partial charge in [-0.1, -0.05) is 6.07 Å². The third-order valence-electron chi connectivity index (χ3n) is 11.1. The number of nitrogens with zero attached hydrogens (tertiary/aromatic N) is 7. The van der Waals surface area contributed by atoms with Crippen LogP contribution in [-0.2, 0) is 32.3 Å². The minimum absolute atomic E-state index is 0.0161. The molecule has 1 aliphatic carbocycles. The van der Waals surface area contributed by atoms with E-state index in [2.05, 4.69) is 20.1 Å². The van der Waals surface area contributed by atoms with Gasteiger partial charge in [0.2, 0.25) is 27.6 Å². The lowest BCUT2D eigenvalue weighted by molar-refractivity contribution is -0.166. The number of sulfonamides is 1. The normalized spacial score (nSPS) is 18.9. The van der Waals surface area contributed by atoms with Gasteiger partial charge in [-0.2, -0.15) is 22.5 Å². The lowest BCUT2D eigenvalue weighted by Crippen LogP contribution is -2.39. The molecule has 2 aliphatic heterocycles. The molecule has 0 radical (unpaired) electrons. The number of aromatic nitrogens is 5. The van der Waals surface area contributed by atoms with Gasteiger partial charge in [-0.3, -0.25) is 19.1 Å². The molecule has 1 saturated carbocycles. The molecular weight excluding hydrogens is 764 g/mol. The predicted octanol–water partition coefficient (Wildman–Crippen LogP) is 6.55. The minimum atomic E-state index is -4.74. The van der Waals surface area contributed by atoms with Crippen molar-refractivity contribution in [1.82, 2.24) is 33.8 Å². The van der Waals surface area contributed by atoms with E-state index in [9.17, 15) is 26.4 Å². The topological polar surface area (TPSA) is 141 Å². The van der Waals surface area contributed by atoms with Crippen molar-refractivity contribution in [3.05, 3.63) is 69.9 Å². The van der Waals surface area contributed by atoms with Crippen LogP contribution in [0, 0.1) is 26.2 Å². The van der Waals surface area contributed by atoms with Crippen LogP contribution in [0.5, 0.6) is 11.8 Å². The molecule has 4 aromatic rings. The van der Waals surface area contributed by atoms with Crippen LogP contribution < -0.4 is 9.47 Å². The van der Waals surface area contributed by atoms with E-state index in [0.717, 1.165) is 24.0 Å². The summed E-state index contributed by atoms with van der Waals surface area (Å²) in [6, 6.07) is 6.63. The van der Waals surface area contributed by atoms with Crippen LogP contribution in [0.25, 0.3) is 5.65 Å². The zero-order chi connectivity index (χ0) is 41.3. The van der Waals surface area contributed by atoms with E-state index >= 15 is 0 Å². The first kappa shape index (κ1) is 40.8. The van der Waals surface area contributed by atoms with Gasteiger partial charge < -0.3 is 14.2 Å². The standard InChI is InChI=1S/C40H50F3N7O6S/c1-24-11-12-28(31(38(7,8)36(51)56-37(4,5)6)27-13-18-50-32(26(27)3)46-47-35(50)40(41,42)43)44-29(24)22-49-23-39(14-15-39)55-34-30(57(49,52)53)21-25(2)33(45-34)54-20-19-48-16-9-10-17-48/h11-13,18,21,31H,9-10,14-17,19-20,22-23H2,1-8H3. The van der Waals surface area contributed by atoms with Crippen LogP contribution in [0.15, 0.2) is 35.4 Å². The van der Waals surface area contributed by atoms with E-state index in [4.69, 9.17) is 19.2 Å². The molecule has 1 unspecified atom stereocenters. The van der Waals surface area contributed by atoms with Gasteiger partial charge in [0, 0.05) is 29.9 Å². The Bertz CT molecular complexity index is 2310. The van der Waals surface area contributed by atoms with Gasteiger partial charge >= 0.3 is 12.1 Å². The Morgan fingerprint density at radius 1 is 0.982 bits per heavy atom. The van der Waals surface area contributed by atoms with E-state index in [0.29, 0.717) is 59.0 Å². The Morgan fingerprint density at radius 2 is 1.68 bits per heavy atom. The molecule has 1 atom stereocenters. The van der Waals surface area contributed by atoms with Crippen LogP contribution in [0.3, 0.4) is 0 Å². The van der Waals surface area contributed by atoms with Crippen LogP contribution >= 0.6 is 0 Å². The summed E-state index contributed by atoms with van der Waals surface area (Å²) in [6.07, 6.45) is 0.103. The van der Waals surface area contributed by atoms with E-state index < -0.39 is 50.5 Å². The first-order valence-corrected chi connectivity index (χ1v) is 20.7. The minimum Gasteiger partial charge on any atom is -0.476 e. The second-order valence-electron chi connectivity index (χ2n) is 17.1. The molecular formula is C40H50F3N7O6S. The van der Waals surface area contributed by atoms with E-state index in [1.165, 1.54) is 29.4 Å². The van der Waals surface area contributed by atoms with Crippen molar-refractivity contribution in [3.63, 3.8) is 0 Å². The number of carbonyl (C=O) groups excluding carboxylic acids is 1. The highest BCUT2D eigenvalue weighted by atomic mass is 32.2. The van der Waals surface area contributed by atoms with Crippen LogP contribution in [0.1, 0.15) is 106 Å². The maximum atomic E-state index is 14.5. The molecule has 6 heterocycles. The van der Waals surface area contributed by atoms with Crippen molar-refractivity contribution >= 4 is 21.6 Å². The monoisotopic (exact) mass is 813 g/mol. The molecule has 7 rings (SSSR count). The number of fused-ring (bicyclic) bond motifs is 2. The van der Waals surface area contributed by atoms with Crippen molar-refractivity contribution in [2.45, 2.75) is 116 Å². The molecule has 0 bridgehead atoms. The van der Waals surface area contributed by atoms with Crippen LogP contribution in [-0.4, -0.2) is 92.1 Å². The summed E-state index contributed by atoms with van der Waals surface area (Å²) in [7, 11) is -4.17. The van der Waals surface area contributed by atoms with Crippen molar-refractivity contribution < 1.29 is 40.6 Å². The fourth-order valence-corrected chi connectivity index (χ4v) is 9.29.